The molecule has 0 saturated heterocycles. The lowest BCUT2D eigenvalue weighted by Gasteiger charge is -1.96. The van der Waals surface area contributed by atoms with Gasteiger partial charge in [-0.2, -0.15) is 10.2 Å². The first kappa shape index (κ1) is 22.6. The quantitative estimate of drug-likeness (QED) is 0.359. The van der Waals surface area contributed by atoms with Crippen LogP contribution in [0.2, 0.25) is 10.0 Å². The van der Waals surface area contributed by atoms with Crippen molar-refractivity contribution in [3.8, 4) is 22.5 Å². The summed E-state index contributed by atoms with van der Waals surface area (Å²) in [6, 6.07) is 18.1. The molecule has 0 bridgehead atoms. The van der Waals surface area contributed by atoms with E-state index in [1.54, 1.807) is 25.1 Å². The topological polar surface area (TPSA) is 104 Å². The van der Waals surface area contributed by atoms with E-state index in [2.05, 4.69) is 20.4 Å². The van der Waals surface area contributed by atoms with Gasteiger partial charge in [0, 0.05) is 21.2 Å². The molecule has 0 aliphatic carbocycles. The molecule has 160 valence electrons. The molecule has 7 nitrogen and oxygen atoms in total. The average Bonchev–Trinajstić information content (AvgIpc) is 3.46. The van der Waals surface area contributed by atoms with Gasteiger partial charge < -0.3 is 9.84 Å². The predicted molar refractivity (Wildman–Crippen MR) is 120 cm³/mol. The lowest BCUT2D eigenvalue weighted by Crippen LogP contribution is -2.04. The van der Waals surface area contributed by atoms with Crippen LogP contribution in [0.1, 0.15) is 23.1 Å². The standard InChI is InChI=1S/C12H11ClN2O2.C10H9ClN2O/c1-2-17-12(16)11-7-10(14-15-11)8-3-5-9(13)6-4-8;11-8-3-1-7(2-4-8)10-5-9(6-14)12-13-10/h3-7H,2H2,1H3,(H,14,15);1-5,14H,6H2,(H,12,13). The number of aliphatic hydroxyl groups is 1. The molecule has 2 aromatic carbocycles. The molecule has 0 amide bonds. The smallest absolute Gasteiger partial charge is 0.356 e. The summed E-state index contributed by atoms with van der Waals surface area (Å²) in [4.78, 5) is 11.4. The molecule has 0 aliphatic heterocycles. The van der Waals surface area contributed by atoms with Gasteiger partial charge >= 0.3 is 5.97 Å². The van der Waals surface area contributed by atoms with Crippen LogP contribution in [-0.4, -0.2) is 38.1 Å². The minimum absolute atomic E-state index is 0.0272. The summed E-state index contributed by atoms with van der Waals surface area (Å²) >= 11 is 11.6. The van der Waals surface area contributed by atoms with E-state index in [0.717, 1.165) is 16.8 Å². The molecule has 9 heteroatoms. The minimum atomic E-state index is -0.403. The van der Waals surface area contributed by atoms with Gasteiger partial charge in [0.05, 0.1) is 30.3 Å². The Hall–Kier alpha value is -3.13. The zero-order valence-corrected chi connectivity index (χ0v) is 18.1. The number of carbonyl (C=O) groups excluding carboxylic acids is 1. The van der Waals surface area contributed by atoms with Crippen molar-refractivity contribution >= 4 is 29.2 Å². The normalized spacial score (nSPS) is 10.3. The van der Waals surface area contributed by atoms with Crippen molar-refractivity contribution in [2.45, 2.75) is 13.5 Å². The molecule has 3 N–H and O–H groups in total. The van der Waals surface area contributed by atoms with E-state index < -0.39 is 5.97 Å². The van der Waals surface area contributed by atoms with Crippen molar-refractivity contribution in [1.82, 2.24) is 20.4 Å². The highest BCUT2D eigenvalue weighted by Crippen LogP contribution is 2.21. The summed E-state index contributed by atoms with van der Waals surface area (Å²) in [5, 5.41) is 23.7. The molecule has 0 spiro atoms. The molecule has 0 fully saturated rings. The fourth-order valence-corrected chi connectivity index (χ4v) is 2.87. The Morgan fingerprint density at radius 1 is 0.903 bits per heavy atom. The van der Waals surface area contributed by atoms with Gasteiger partial charge in [0.2, 0.25) is 0 Å². The van der Waals surface area contributed by atoms with Gasteiger partial charge in [-0.15, -0.1) is 0 Å². The van der Waals surface area contributed by atoms with Gasteiger partial charge in [0.1, 0.15) is 5.69 Å². The maximum atomic E-state index is 11.4. The van der Waals surface area contributed by atoms with Crippen molar-refractivity contribution in [2.75, 3.05) is 6.61 Å². The number of H-pyrrole nitrogens is 2. The second kappa shape index (κ2) is 10.8. The molecule has 4 aromatic rings. The number of aliphatic hydroxyl groups excluding tert-OH is 1. The van der Waals surface area contributed by atoms with Crippen LogP contribution < -0.4 is 0 Å². The average molecular weight is 459 g/mol. The minimum Gasteiger partial charge on any atom is -0.461 e. The molecular formula is C22H20Cl2N4O3. The predicted octanol–water partition coefficient (Wildman–Crippen LogP) is 5.13. The van der Waals surface area contributed by atoms with Crippen LogP contribution in [0.25, 0.3) is 22.5 Å². The first-order chi connectivity index (χ1) is 15.0. The maximum Gasteiger partial charge on any atom is 0.356 e. The Balaban J connectivity index is 0.000000179. The van der Waals surface area contributed by atoms with Gasteiger partial charge in [-0.05, 0) is 43.3 Å². The third kappa shape index (κ3) is 6.18. The van der Waals surface area contributed by atoms with E-state index >= 15 is 0 Å². The maximum absolute atomic E-state index is 11.4. The Bertz CT molecular complexity index is 1120. The van der Waals surface area contributed by atoms with Crippen molar-refractivity contribution in [3.63, 3.8) is 0 Å². The molecule has 0 unspecified atom stereocenters. The first-order valence-corrected chi connectivity index (χ1v) is 10.1. The summed E-state index contributed by atoms with van der Waals surface area (Å²) in [7, 11) is 0. The van der Waals surface area contributed by atoms with Gasteiger partial charge in [-0.3, -0.25) is 10.2 Å². The number of hydrogen-bond acceptors (Lipinski definition) is 5. The van der Waals surface area contributed by atoms with E-state index in [4.69, 9.17) is 33.0 Å². The van der Waals surface area contributed by atoms with E-state index in [1.165, 1.54) is 0 Å². The lowest BCUT2D eigenvalue weighted by molar-refractivity contribution is 0.0519. The van der Waals surface area contributed by atoms with Gasteiger partial charge in [0.15, 0.2) is 0 Å². The summed E-state index contributed by atoms with van der Waals surface area (Å²) in [5.74, 6) is -0.403. The number of benzene rings is 2. The molecule has 0 saturated carbocycles. The lowest BCUT2D eigenvalue weighted by atomic mass is 10.1. The number of rotatable bonds is 5. The Morgan fingerprint density at radius 3 is 1.90 bits per heavy atom. The van der Waals surface area contributed by atoms with Crippen LogP contribution in [0.15, 0.2) is 60.7 Å². The molecule has 2 heterocycles. The summed E-state index contributed by atoms with van der Waals surface area (Å²) in [6.45, 7) is 2.07. The Morgan fingerprint density at radius 2 is 1.42 bits per heavy atom. The summed E-state index contributed by atoms with van der Waals surface area (Å²) in [5.41, 5.74) is 4.41. The molecule has 0 aliphatic rings. The zero-order chi connectivity index (χ0) is 22.2. The number of nitrogens with one attached hydrogen (secondary N) is 2. The number of hydrogen-bond donors (Lipinski definition) is 3. The van der Waals surface area contributed by atoms with Crippen LogP contribution in [0.4, 0.5) is 0 Å². The van der Waals surface area contributed by atoms with Crippen LogP contribution >= 0.6 is 23.2 Å². The second-order valence-corrected chi connectivity index (χ2v) is 7.21. The molecule has 31 heavy (non-hydrogen) atoms. The van der Waals surface area contributed by atoms with Crippen molar-refractivity contribution in [2.24, 2.45) is 0 Å². The first-order valence-electron chi connectivity index (χ1n) is 9.39. The van der Waals surface area contributed by atoms with E-state index in [1.807, 2.05) is 42.5 Å². The molecule has 4 rings (SSSR count). The largest absolute Gasteiger partial charge is 0.461 e. The third-order valence-electron chi connectivity index (χ3n) is 4.15. The summed E-state index contributed by atoms with van der Waals surface area (Å²) in [6.07, 6.45) is 0. The number of aromatic nitrogens is 4. The molecule has 0 radical (unpaired) electrons. The highest BCUT2D eigenvalue weighted by atomic mass is 35.5. The van der Waals surface area contributed by atoms with Gasteiger partial charge in [-0.1, -0.05) is 47.5 Å². The van der Waals surface area contributed by atoms with Gasteiger partial charge in [-0.25, -0.2) is 4.79 Å². The highest BCUT2D eigenvalue weighted by Gasteiger charge is 2.11. The molecule has 2 aromatic heterocycles. The number of carbonyl (C=O) groups is 1. The van der Waals surface area contributed by atoms with Crippen LogP contribution in [0.5, 0.6) is 0 Å². The fourth-order valence-electron chi connectivity index (χ4n) is 2.61. The van der Waals surface area contributed by atoms with E-state index in [0.29, 0.717) is 33.7 Å². The number of halogens is 2. The number of nitrogens with zero attached hydrogens (tertiary/aromatic N) is 2. The molecule has 0 atom stereocenters. The van der Waals surface area contributed by atoms with Crippen molar-refractivity contribution in [3.05, 3.63) is 82.1 Å². The zero-order valence-electron chi connectivity index (χ0n) is 16.6. The highest BCUT2D eigenvalue weighted by molar-refractivity contribution is 6.30. The summed E-state index contributed by atoms with van der Waals surface area (Å²) < 4.78 is 4.86. The second-order valence-electron chi connectivity index (χ2n) is 6.34. The van der Waals surface area contributed by atoms with E-state index in [-0.39, 0.29) is 6.61 Å². The van der Waals surface area contributed by atoms with Gasteiger partial charge in [0.25, 0.3) is 0 Å². The molecular weight excluding hydrogens is 439 g/mol. The van der Waals surface area contributed by atoms with Crippen LogP contribution in [-0.2, 0) is 11.3 Å². The number of esters is 1. The monoisotopic (exact) mass is 458 g/mol. The Labute approximate surface area is 189 Å². The number of ether oxygens (including phenoxy) is 1. The van der Waals surface area contributed by atoms with Crippen LogP contribution in [0.3, 0.4) is 0 Å². The van der Waals surface area contributed by atoms with Crippen molar-refractivity contribution in [1.29, 1.82) is 0 Å². The Kier molecular flexibility index (Phi) is 7.83. The third-order valence-corrected chi connectivity index (χ3v) is 4.66. The van der Waals surface area contributed by atoms with Crippen LogP contribution in [0, 0.1) is 0 Å². The SMILES string of the molecule is CCOC(=O)c1cc(-c2ccc(Cl)cc2)n[nH]1.OCc1cc(-c2ccc(Cl)cc2)n[nH]1. The van der Waals surface area contributed by atoms with Crippen molar-refractivity contribution < 1.29 is 14.6 Å². The van der Waals surface area contributed by atoms with E-state index in [9.17, 15) is 4.79 Å². The number of aromatic amines is 2. The fraction of sp³-hybridized carbons (Fsp3) is 0.136.